The average Bonchev–Trinajstić information content (AvgIpc) is 3.45. The lowest BCUT2D eigenvalue weighted by Gasteiger charge is -2.15. The molecule has 1 aromatic heterocycles. The Morgan fingerprint density at radius 2 is 2.03 bits per heavy atom. The summed E-state index contributed by atoms with van der Waals surface area (Å²) in [5, 5.41) is 17.2. The topological polar surface area (TPSA) is 107 Å². The number of aromatic nitrogens is 2. The van der Waals surface area contributed by atoms with Gasteiger partial charge in [0, 0.05) is 23.4 Å². The zero-order valence-electron chi connectivity index (χ0n) is 18.7. The fourth-order valence-corrected chi connectivity index (χ4v) is 4.19. The van der Waals surface area contributed by atoms with Crippen LogP contribution in [0, 0.1) is 5.92 Å². The van der Waals surface area contributed by atoms with E-state index in [0.29, 0.717) is 52.2 Å². The summed E-state index contributed by atoms with van der Waals surface area (Å²) in [4.78, 5) is 15.7. The SMILES string of the molecule is COc1cc(N[C@H]2CC[C@@H](C(=O)O)C2)ccc1-c1nc(-c2ccc(OC(C)C)c(Cl)c2)no1. The number of nitrogens with one attached hydrogen (secondary N) is 1. The third-order valence-corrected chi connectivity index (χ3v) is 5.86. The number of methoxy groups -OCH3 is 1. The second kappa shape index (κ2) is 9.70. The molecule has 0 amide bonds. The largest absolute Gasteiger partial charge is 0.496 e. The zero-order chi connectivity index (χ0) is 23.5. The summed E-state index contributed by atoms with van der Waals surface area (Å²) in [7, 11) is 1.57. The molecule has 2 atom stereocenters. The van der Waals surface area contributed by atoms with E-state index >= 15 is 0 Å². The molecule has 0 radical (unpaired) electrons. The first-order valence-electron chi connectivity index (χ1n) is 10.8. The molecule has 33 heavy (non-hydrogen) atoms. The molecule has 0 unspecified atom stereocenters. The Hall–Kier alpha value is -3.26. The molecule has 9 heteroatoms. The lowest BCUT2D eigenvalue weighted by molar-refractivity contribution is -0.141. The fraction of sp³-hybridized carbons (Fsp3) is 0.375. The Bertz CT molecular complexity index is 1150. The number of hydrogen-bond acceptors (Lipinski definition) is 7. The molecule has 2 aromatic carbocycles. The molecule has 0 saturated heterocycles. The van der Waals surface area contributed by atoms with Gasteiger partial charge in [0.05, 0.1) is 29.7 Å². The highest BCUT2D eigenvalue weighted by Crippen LogP contribution is 2.36. The van der Waals surface area contributed by atoms with Crippen molar-refractivity contribution in [1.82, 2.24) is 10.1 Å². The van der Waals surface area contributed by atoms with Crippen LogP contribution in [0.5, 0.6) is 11.5 Å². The number of halogens is 1. The van der Waals surface area contributed by atoms with Crippen LogP contribution in [-0.2, 0) is 4.79 Å². The number of ether oxygens (including phenoxy) is 2. The monoisotopic (exact) mass is 471 g/mol. The minimum absolute atomic E-state index is 0.0160. The Morgan fingerprint density at radius 3 is 2.70 bits per heavy atom. The van der Waals surface area contributed by atoms with Crippen molar-refractivity contribution in [3.8, 4) is 34.3 Å². The first-order chi connectivity index (χ1) is 15.8. The number of carbonyl (C=O) groups is 1. The molecule has 1 aliphatic carbocycles. The van der Waals surface area contributed by atoms with Crippen molar-refractivity contribution < 1.29 is 23.9 Å². The molecule has 4 rings (SSSR count). The second-order valence-corrected chi connectivity index (χ2v) is 8.75. The molecule has 3 aromatic rings. The number of nitrogens with zero attached hydrogens (tertiary/aromatic N) is 2. The van der Waals surface area contributed by atoms with Crippen LogP contribution >= 0.6 is 11.6 Å². The van der Waals surface area contributed by atoms with Gasteiger partial charge in [-0.05, 0) is 63.4 Å². The summed E-state index contributed by atoms with van der Waals surface area (Å²) in [6.07, 6.45) is 2.12. The van der Waals surface area contributed by atoms with Crippen LogP contribution < -0.4 is 14.8 Å². The highest BCUT2D eigenvalue weighted by Gasteiger charge is 2.29. The number of carboxylic acid groups (broad SMARTS) is 1. The van der Waals surface area contributed by atoms with Crippen molar-refractivity contribution in [1.29, 1.82) is 0 Å². The van der Waals surface area contributed by atoms with E-state index in [2.05, 4.69) is 15.5 Å². The van der Waals surface area contributed by atoms with E-state index in [1.165, 1.54) is 0 Å². The molecule has 8 nitrogen and oxygen atoms in total. The summed E-state index contributed by atoms with van der Waals surface area (Å²) in [6.45, 7) is 3.87. The van der Waals surface area contributed by atoms with Crippen molar-refractivity contribution in [2.75, 3.05) is 12.4 Å². The van der Waals surface area contributed by atoms with E-state index in [0.717, 1.165) is 12.1 Å². The highest BCUT2D eigenvalue weighted by molar-refractivity contribution is 6.32. The summed E-state index contributed by atoms with van der Waals surface area (Å²) >= 11 is 6.34. The summed E-state index contributed by atoms with van der Waals surface area (Å²) in [5.41, 5.74) is 2.21. The molecule has 0 aliphatic heterocycles. The van der Waals surface area contributed by atoms with Crippen molar-refractivity contribution in [3.05, 3.63) is 41.4 Å². The minimum atomic E-state index is -0.734. The summed E-state index contributed by atoms with van der Waals surface area (Å²) < 4.78 is 16.7. The predicted octanol–water partition coefficient (Wildman–Crippen LogP) is 5.52. The number of carboxylic acids is 1. The van der Waals surface area contributed by atoms with Gasteiger partial charge in [0.1, 0.15) is 11.5 Å². The first-order valence-corrected chi connectivity index (χ1v) is 11.2. The van der Waals surface area contributed by atoms with E-state index in [-0.39, 0.29) is 18.1 Å². The third-order valence-electron chi connectivity index (χ3n) is 5.56. The quantitative estimate of drug-likeness (QED) is 0.442. The molecule has 1 fully saturated rings. The standard InChI is InChI=1S/C24H26ClN3O5/c1-13(2)32-20-9-5-14(11-19(20)25)22-27-23(33-28-22)18-8-7-17(12-21(18)31-3)26-16-6-4-15(10-16)24(29)30/h5,7-9,11-13,15-16,26H,4,6,10H2,1-3H3,(H,29,30)/t15-,16+/m1/s1. The molecule has 2 N–H and O–H groups in total. The molecule has 1 saturated carbocycles. The maximum Gasteiger partial charge on any atom is 0.306 e. The van der Waals surface area contributed by atoms with Crippen molar-refractivity contribution in [3.63, 3.8) is 0 Å². The molecular formula is C24H26ClN3O5. The number of aliphatic carboxylic acids is 1. The predicted molar refractivity (Wildman–Crippen MR) is 125 cm³/mol. The first kappa shape index (κ1) is 22.9. The molecular weight excluding hydrogens is 446 g/mol. The van der Waals surface area contributed by atoms with Gasteiger partial charge in [-0.25, -0.2) is 0 Å². The van der Waals surface area contributed by atoms with Crippen LogP contribution in [0.2, 0.25) is 5.02 Å². The Kier molecular flexibility index (Phi) is 6.74. The molecule has 1 aliphatic rings. The highest BCUT2D eigenvalue weighted by atomic mass is 35.5. The van der Waals surface area contributed by atoms with Gasteiger partial charge in [0.2, 0.25) is 5.82 Å². The van der Waals surface area contributed by atoms with E-state index < -0.39 is 5.97 Å². The van der Waals surface area contributed by atoms with Gasteiger partial charge in [-0.2, -0.15) is 4.98 Å². The third kappa shape index (κ3) is 5.22. The van der Waals surface area contributed by atoms with Gasteiger partial charge >= 0.3 is 5.97 Å². The molecule has 0 bridgehead atoms. The lowest BCUT2D eigenvalue weighted by atomic mass is 10.1. The molecule has 174 valence electrons. The number of anilines is 1. The summed E-state index contributed by atoms with van der Waals surface area (Å²) in [5.74, 6) is 0.863. The van der Waals surface area contributed by atoms with E-state index in [4.69, 9.17) is 25.6 Å². The van der Waals surface area contributed by atoms with Crippen molar-refractivity contribution in [2.24, 2.45) is 5.92 Å². The van der Waals surface area contributed by atoms with Gasteiger partial charge in [0.15, 0.2) is 0 Å². The Morgan fingerprint density at radius 1 is 1.21 bits per heavy atom. The van der Waals surface area contributed by atoms with Crippen LogP contribution in [0.1, 0.15) is 33.1 Å². The van der Waals surface area contributed by atoms with Gasteiger partial charge in [-0.1, -0.05) is 16.8 Å². The maximum absolute atomic E-state index is 11.2. The molecule has 0 spiro atoms. The van der Waals surface area contributed by atoms with Crippen LogP contribution in [-0.4, -0.2) is 40.5 Å². The number of benzene rings is 2. The normalized spacial score (nSPS) is 17.8. The minimum Gasteiger partial charge on any atom is -0.496 e. The van der Waals surface area contributed by atoms with Gasteiger partial charge in [-0.3, -0.25) is 4.79 Å². The van der Waals surface area contributed by atoms with Crippen LogP contribution in [0.15, 0.2) is 40.9 Å². The van der Waals surface area contributed by atoms with Gasteiger partial charge in [0.25, 0.3) is 5.89 Å². The fourth-order valence-electron chi connectivity index (χ4n) is 3.97. The Balaban J connectivity index is 1.52. The average molecular weight is 472 g/mol. The molecule has 1 heterocycles. The van der Waals surface area contributed by atoms with Crippen molar-refractivity contribution >= 4 is 23.3 Å². The smallest absolute Gasteiger partial charge is 0.306 e. The maximum atomic E-state index is 11.2. The summed E-state index contributed by atoms with van der Waals surface area (Å²) in [6, 6.07) is 11.1. The number of rotatable bonds is 8. The van der Waals surface area contributed by atoms with E-state index in [1.807, 2.05) is 38.1 Å². The van der Waals surface area contributed by atoms with Crippen LogP contribution in [0.4, 0.5) is 5.69 Å². The van der Waals surface area contributed by atoms with Crippen molar-refractivity contribution in [2.45, 2.75) is 45.3 Å². The lowest BCUT2D eigenvalue weighted by Crippen LogP contribution is -2.17. The van der Waals surface area contributed by atoms with Crippen LogP contribution in [0.25, 0.3) is 22.8 Å². The zero-order valence-corrected chi connectivity index (χ0v) is 19.4. The van der Waals surface area contributed by atoms with E-state index in [1.54, 1.807) is 19.2 Å². The van der Waals surface area contributed by atoms with Gasteiger partial charge < -0.3 is 24.4 Å². The Labute approximate surface area is 196 Å². The van der Waals surface area contributed by atoms with Gasteiger partial charge in [-0.15, -0.1) is 0 Å². The van der Waals surface area contributed by atoms with E-state index in [9.17, 15) is 9.90 Å². The number of hydrogen-bond donors (Lipinski definition) is 2. The van der Waals surface area contributed by atoms with Crippen LogP contribution in [0.3, 0.4) is 0 Å². The second-order valence-electron chi connectivity index (χ2n) is 8.34.